The highest BCUT2D eigenvalue weighted by atomic mass is 31.2. The van der Waals surface area contributed by atoms with Crippen molar-refractivity contribution in [1.82, 2.24) is 0 Å². The van der Waals surface area contributed by atoms with Crippen LogP contribution in [0.25, 0.3) is 0 Å². The highest BCUT2D eigenvalue weighted by Gasteiger charge is 2.26. The van der Waals surface area contributed by atoms with Gasteiger partial charge in [0.1, 0.15) is 6.61 Å². The molecule has 0 heterocycles. The van der Waals surface area contributed by atoms with E-state index in [0.717, 1.165) is 89.9 Å². The molecule has 0 aliphatic heterocycles. The Morgan fingerprint density at radius 2 is 0.505 bits per heavy atom. The van der Waals surface area contributed by atoms with Crippen LogP contribution in [0.3, 0.4) is 0 Å². The standard InChI is InChI=1S/C93H168NO8P/c1-3-5-7-9-11-13-15-17-19-21-23-25-27-29-31-33-35-37-39-41-43-45-47-49-51-53-55-57-59-61-63-65-67-69-71-73-75-77-79-81-83-85-92(95)99-89-91(90-101-103(97,98)100-88-87-94)102-93(96)86-84-82-80-78-76-74-72-70-68-66-64-62-60-58-56-54-52-50-48-46-44-42-40-38-36-34-32-30-28-26-24-22-20-18-16-14-12-10-8-6-4-2/h5-8,11-14,17-20,23-26,30,32,91H,3-4,9-10,15-16,21-22,27-29,31,33-90,94H2,1-2H3,(H,97,98)/b7-5-,8-6-,13-11-,14-12-,19-17-,20-18-,25-23-,26-24-,32-30-. The molecule has 2 unspecified atom stereocenters. The van der Waals surface area contributed by atoms with Crippen LogP contribution in [0.2, 0.25) is 0 Å². The van der Waals surface area contributed by atoms with Crippen LogP contribution >= 0.6 is 7.82 Å². The Hall–Kier alpha value is -3.33. The first-order valence-electron chi connectivity index (χ1n) is 44.4. The SMILES string of the molecule is CC/C=C\C/C=C\C/C=C\C/C=C\C/C=C\CCCCCCCCCCCCCCCCCCCCCCCCCCCC(=O)OC(COC(=O)CCCCCCCCCCCCCCCCCCCCCCCCCCCCCC/C=C\C/C=C\C/C=C\C/C=C\CC)COP(=O)(O)OCCN. The molecule has 10 heteroatoms. The average Bonchev–Trinajstić information content (AvgIpc) is 0.970. The molecule has 3 N–H and O–H groups in total. The zero-order chi connectivity index (χ0) is 74.3. The van der Waals surface area contributed by atoms with Gasteiger partial charge in [0.15, 0.2) is 6.10 Å². The van der Waals surface area contributed by atoms with E-state index in [9.17, 15) is 19.0 Å². The number of unbranched alkanes of at least 4 members (excludes halogenated alkanes) is 53. The van der Waals surface area contributed by atoms with E-state index in [1.807, 2.05) is 0 Å². The number of allylic oxidation sites excluding steroid dienone is 18. The molecule has 0 saturated carbocycles. The third-order valence-corrected chi connectivity index (χ3v) is 20.6. The summed E-state index contributed by atoms with van der Waals surface area (Å²) in [4.78, 5) is 35.5. The fourth-order valence-electron chi connectivity index (χ4n) is 13.2. The summed E-state index contributed by atoms with van der Waals surface area (Å²) in [7, 11) is -4.40. The Bertz CT molecular complexity index is 2070. The number of carbonyl (C=O) groups is 2. The fourth-order valence-corrected chi connectivity index (χ4v) is 14.0. The predicted octanol–water partition coefficient (Wildman–Crippen LogP) is 30.3. The van der Waals surface area contributed by atoms with Gasteiger partial charge in [-0.05, 0) is 96.3 Å². The van der Waals surface area contributed by atoms with Gasteiger partial charge in [0.2, 0.25) is 0 Å². The maximum Gasteiger partial charge on any atom is 0.472 e. The number of carbonyl (C=O) groups excluding carboxylic acids is 2. The van der Waals surface area contributed by atoms with Crippen LogP contribution < -0.4 is 5.73 Å². The number of rotatable bonds is 84. The lowest BCUT2D eigenvalue weighted by molar-refractivity contribution is -0.161. The summed E-state index contributed by atoms with van der Waals surface area (Å²) in [5.41, 5.74) is 5.43. The number of phosphoric acid groups is 1. The summed E-state index contributed by atoms with van der Waals surface area (Å²) >= 11 is 0. The minimum Gasteiger partial charge on any atom is -0.462 e. The number of nitrogens with two attached hydrogens (primary N) is 1. The van der Waals surface area contributed by atoms with Crippen molar-refractivity contribution in [3.63, 3.8) is 0 Å². The first kappa shape index (κ1) is 99.7. The monoisotopic (exact) mass is 1460 g/mol. The summed E-state index contributed by atoms with van der Waals surface area (Å²) in [6, 6.07) is 0. The second-order valence-electron chi connectivity index (χ2n) is 29.7. The third-order valence-electron chi connectivity index (χ3n) is 19.7. The molecule has 0 aromatic carbocycles. The van der Waals surface area contributed by atoms with Crippen LogP contribution in [0.5, 0.6) is 0 Å². The van der Waals surface area contributed by atoms with E-state index in [1.54, 1.807) is 0 Å². The van der Waals surface area contributed by atoms with Gasteiger partial charge in [0.25, 0.3) is 0 Å². The Labute approximate surface area is 639 Å². The topological polar surface area (TPSA) is 134 Å². The maximum absolute atomic E-state index is 12.8. The molecule has 0 radical (unpaired) electrons. The van der Waals surface area contributed by atoms with Gasteiger partial charge in [-0.2, -0.15) is 0 Å². The van der Waals surface area contributed by atoms with Gasteiger partial charge >= 0.3 is 19.8 Å². The van der Waals surface area contributed by atoms with Gasteiger partial charge in [-0.3, -0.25) is 18.6 Å². The van der Waals surface area contributed by atoms with E-state index in [4.69, 9.17) is 24.3 Å². The van der Waals surface area contributed by atoms with Crippen molar-refractivity contribution in [2.75, 3.05) is 26.4 Å². The van der Waals surface area contributed by atoms with Crippen LogP contribution in [0.1, 0.15) is 438 Å². The number of phosphoric ester groups is 1. The van der Waals surface area contributed by atoms with Crippen LogP contribution in [-0.4, -0.2) is 49.3 Å². The largest absolute Gasteiger partial charge is 0.472 e. The molecule has 0 saturated heterocycles. The molecular formula is C93H168NO8P. The minimum atomic E-state index is -4.40. The Morgan fingerprint density at radius 1 is 0.291 bits per heavy atom. The minimum absolute atomic E-state index is 0.0545. The molecule has 0 bridgehead atoms. The molecule has 0 aliphatic carbocycles. The zero-order valence-electron chi connectivity index (χ0n) is 67.8. The normalized spacial score (nSPS) is 13.3. The quantitative estimate of drug-likeness (QED) is 0.0264. The molecule has 0 spiro atoms. The highest BCUT2D eigenvalue weighted by molar-refractivity contribution is 7.47. The fraction of sp³-hybridized carbons (Fsp3) is 0.785. The lowest BCUT2D eigenvalue weighted by Crippen LogP contribution is -2.29. The zero-order valence-corrected chi connectivity index (χ0v) is 68.7. The van der Waals surface area contributed by atoms with E-state index >= 15 is 0 Å². The summed E-state index contributed by atoms with van der Waals surface area (Å²) < 4.78 is 33.4. The highest BCUT2D eigenvalue weighted by Crippen LogP contribution is 2.43. The van der Waals surface area contributed by atoms with E-state index in [1.165, 1.54) is 315 Å². The first-order valence-corrected chi connectivity index (χ1v) is 45.9. The lowest BCUT2D eigenvalue weighted by atomic mass is 10.0. The van der Waals surface area contributed by atoms with Crippen molar-refractivity contribution in [3.8, 4) is 0 Å². The second-order valence-corrected chi connectivity index (χ2v) is 31.2. The van der Waals surface area contributed by atoms with Crippen molar-refractivity contribution in [1.29, 1.82) is 0 Å². The van der Waals surface area contributed by atoms with Crippen molar-refractivity contribution in [2.45, 2.75) is 444 Å². The van der Waals surface area contributed by atoms with Crippen molar-refractivity contribution in [3.05, 3.63) is 109 Å². The van der Waals surface area contributed by atoms with Crippen LogP contribution in [0.4, 0.5) is 0 Å². The van der Waals surface area contributed by atoms with Gasteiger partial charge in [0, 0.05) is 19.4 Å². The van der Waals surface area contributed by atoms with E-state index in [0.29, 0.717) is 6.42 Å². The molecule has 103 heavy (non-hydrogen) atoms. The number of esters is 2. The van der Waals surface area contributed by atoms with Gasteiger partial charge in [-0.25, -0.2) is 4.57 Å². The summed E-state index contributed by atoms with van der Waals surface area (Å²) in [5.74, 6) is -0.803. The molecule has 0 fully saturated rings. The van der Waals surface area contributed by atoms with Gasteiger partial charge in [-0.15, -0.1) is 0 Å². The van der Waals surface area contributed by atoms with Crippen molar-refractivity contribution >= 4 is 19.8 Å². The van der Waals surface area contributed by atoms with Gasteiger partial charge < -0.3 is 20.1 Å². The maximum atomic E-state index is 12.8. The van der Waals surface area contributed by atoms with Crippen molar-refractivity contribution < 1.29 is 37.6 Å². The molecular weight excluding hydrogens is 1290 g/mol. The Morgan fingerprint density at radius 3 is 0.748 bits per heavy atom. The van der Waals surface area contributed by atoms with Crippen molar-refractivity contribution in [2.24, 2.45) is 5.73 Å². The molecule has 0 aromatic rings. The molecule has 0 rings (SSSR count). The van der Waals surface area contributed by atoms with Gasteiger partial charge in [0.05, 0.1) is 13.2 Å². The van der Waals surface area contributed by atoms with Crippen LogP contribution in [0, 0.1) is 0 Å². The number of ether oxygens (including phenoxy) is 2. The molecule has 598 valence electrons. The molecule has 0 aromatic heterocycles. The van der Waals surface area contributed by atoms with Crippen LogP contribution in [0.15, 0.2) is 109 Å². The average molecular weight is 1460 g/mol. The summed E-state index contributed by atoms with van der Waals surface area (Å²) in [6.45, 7) is 3.59. The van der Waals surface area contributed by atoms with E-state index in [-0.39, 0.29) is 38.6 Å². The number of hydrogen-bond donors (Lipinski definition) is 2. The second kappa shape index (κ2) is 87.6. The first-order chi connectivity index (χ1) is 50.8. The van der Waals surface area contributed by atoms with E-state index in [2.05, 4.69) is 123 Å². The Balaban J connectivity index is 3.71. The Kier molecular flexibility index (Phi) is 84.7. The lowest BCUT2D eigenvalue weighted by Gasteiger charge is -2.19. The third kappa shape index (κ3) is 87.5. The predicted molar refractivity (Wildman–Crippen MR) is 450 cm³/mol. The molecule has 0 aliphatic rings. The molecule has 9 nitrogen and oxygen atoms in total. The van der Waals surface area contributed by atoms with Gasteiger partial charge in [-0.1, -0.05) is 438 Å². The molecule has 0 amide bonds. The smallest absolute Gasteiger partial charge is 0.462 e. The molecule has 2 atom stereocenters. The van der Waals surface area contributed by atoms with E-state index < -0.39 is 26.5 Å². The van der Waals surface area contributed by atoms with Crippen LogP contribution in [-0.2, 0) is 32.7 Å². The summed E-state index contributed by atoms with van der Waals surface area (Å²) in [5, 5.41) is 0. The number of hydrogen-bond acceptors (Lipinski definition) is 8. The summed E-state index contributed by atoms with van der Waals surface area (Å²) in [6.07, 6.45) is 123.